The molecular formula is C15H28N4. The molecule has 0 amide bonds. The van der Waals surface area contributed by atoms with Crippen LogP contribution in [0.1, 0.15) is 43.9 Å². The number of nitrogens with one attached hydrogen (secondary N) is 1. The van der Waals surface area contributed by atoms with Crippen LogP contribution >= 0.6 is 0 Å². The number of likely N-dealkylation sites (tertiary alicyclic amines) is 1. The van der Waals surface area contributed by atoms with E-state index in [0.717, 1.165) is 19.5 Å². The Morgan fingerprint density at radius 2 is 2.05 bits per heavy atom. The Morgan fingerprint density at radius 1 is 1.26 bits per heavy atom. The SMILES string of the molecule is CCc1nn(C)cc1CNCCCN1CCCCC1. The van der Waals surface area contributed by atoms with Gasteiger partial charge >= 0.3 is 0 Å². The normalized spacial score (nSPS) is 16.9. The van der Waals surface area contributed by atoms with Crippen molar-refractivity contribution in [2.24, 2.45) is 7.05 Å². The topological polar surface area (TPSA) is 33.1 Å². The number of rotatable bonds is 7. The van der Waals surface area contributed by atoms with Gasteiger partial charge in [-0.15, -0.1) is 0 Å². The summed E-state index contributed by atoms with van der Waals surface area (Å²) in [4.78, 5) is 2.60. The second kappa shape index (κ2) is 7.65. The average molecular weight is 264 g/mol. The smallest absolute Gasteiger partial charge is 0.0666 e. The van der Waals surface area contributed by atoms with Crippen molar-refractivity contribution in [3.63, 3.8) is 0 Å². The van der Waals surface area contributed by atoms with Gasteiger partial charge in [0.25, 0.3) is 0 Å². The molecule has 0 radical (unpaired) electrons. The van der Waals surface area contributed by atoms with Crippen LogP contribution in [-0.2, 0) is 20.0 Å². The number of aromatic nitrogens is 2. The minimum atomic E-state index is 0.955. The summed E-state index contributed by atoms with van der Waals surface area (Å²) in [7, 11) is 2.00. The first-order valence-corrected chi connectivity index (χ1v) is 7.74. The summed E-state index contributed by atoms with van der Waals surface area (Å²) in [6, 6.07) is 0. The van der Waals surface area contributed by atoms with Gasteiger partial charge in [0.05, 0.1) is 5.69 Å². The van der Waals surface area contributed by atoms with E-state index in [1.165, 1.54) is 56.6 Å². The highest BCUT2D eigenvalue weighted by atomic mass is 15.3. The first-order valence-electron chi connectivity index (χ1n) is 7.74. The molecule has 1 saturated heterocycles. The Labute approximate surface area is 117 Å². The van der Waals surface area contributed by atoms with E-state index in [0.29, 0.717) is 0 Å². The molecule has 0 bridgehead atoms. The molecule has 1 aromatic rings. The molecule has 0 atom stereocenters. The average Bonchev–Trinajstić information content (AvgIpc) is 2.80. The molecule has 2 rings (SSSR count). The molecule has 1 fully saturated rings. The van der Waals surface area contributed by atoms with E-state index >= 15 is 0 Å². The largest absolute Gasteiger partial charge is 0.312 e. The first kappa shape index (κ1) is 14.5. The van der Waals surface area contributed by atoms with E-state index in [1.807, 2.05) is 11.7 Å². The van der Waals surface area contributed by atoms with E-state index in [2.05, 4.69) is 28.4 Å². The fourth-order valence-corrected chi connectivity index (χ4v) is 2.86. The van der Waals surface area contributed by atoms with Crippen molar-refractivity contribution in [2.75, 3.05) is 26.2 Å². The molecule has 2 heterocycles. The molecule has 4 nitrogen and oxygen atoms in total. The summed E-state index contributed by atoms with van der Waals surface area (Å²) in [5, 5.41) is 8.02. The van der Waals surface area contributed by atoms with Crippen LogP contribution in [0, 0.1) is 0 Å². The number of piperidine rings is 1. The van der Waals surface area contributed by atoms with Crippen molar-refractivity contribution in [1.82, 2.24) is 20.0 Å². The van der Waals surface area contributed by atoms with Crippen molar-refractivity contribution < 1.29 is 0 Å². The monoisotopic (exact) mass is 264 g/mol. The van der Waals surface area contributed by atoms with E-state index in [-0.39, 0.29) is 0 Å². The lowest BCUT2D eigenvalue weighted by molar-refractivity contribution is 0.225. The molecule has 1 aliphatic heterocycles. The third-order valence-corrected chi connectivity index (χ3v) is 3.92. The maximum atomic E-state index is 4.47. The summed E-state index contributed by atoms with van der Waals surface area (Å²) < 4.78 is 1.92. The summed E-state index contributed by atoms with van der Waals surface area (Å²) in [6.07, 6.45) is 8.62. The minimum absolute atomic E-state index is 0.955. The zero-order valence-electron chi connectivity index (χ0n) is 12.5. The maximum absolute atomic E-state index is 4.47. The number of hydrogen-bond donors (Lipinski definition) is 1. The highest BCUT2D eigenvalue weighted by Gasteiger charge is 2.09. The fraction of sp³-hybridized carbons (Fsp3) is 0.800. The van der Waals surface area contributed by atoms with Gasteiger partial charge in [-0.05, 0) is 51.9 Å². The second-order valence-electron chi connectivity index (χ2n) is 5.56. The summed E-state index contributed by atoms with van der Waals surface area (Å²) in [5.74, 6) is 0. The quantitative estimate of drug-likeness (QED) is 0.764. The van der Waals surface area contributed by atoms with Crippen LogP contribution in [-0.4, -0.2) is 40.9 Å². The molecular weight excluding hydrogens is 236 g/mol. The van der Waals surface area contributed by atoms with Crippen LogP contribution in [0.5, 0.6) is 0 Å². The molecule has 1 N–H and O–H groups in total. The minimum Gasteiger partial charge on any atom is -0.312 e. The van der Waals surface area contributed by atoms with Gasteiger partial charge in [0.1, 0.15) is 0 Å². The van der Waals surface area contributed by atoms with Crippen LogP contribution < -0.4 is 5.32 Å². The van der Waals surface area contributed by atoms with Crippen LogP contribution in [0.4, 0.5) is 0 Å². The first-order chi connectivity index (χ1) is 9.29. The van der Waals surface area contributed by atoms with Gasteiger partial charge in [-0.2, -0.15) is 5.10 Å². The molecule has 4 heteroatoms. The van der Waals surface area contributed by atoms with Crippen LogP contribution in [0.25, 0.3) is 0 Å². The van der Waals surface area contributed by atoms with E-state index in [9.17, 15) is 0 Å². The predicted molar refractivity (Wildman–Crippen MR) is 79.2 cm³/mol. The van der Waals surface area contributed by atoms with E-state index in [4.69, 9.17) is 0 Å². The molecule has 0 spiro atoms. The molecule has 0 aromatic carbocycles. The van der Waals surface area contributed by atoms with Crippen molar-refractivity contribution in [1.29, 1.82) is 0 Å². The van der Waals surface area contributed by atoms with E-state index < -0.39 is 0 Å². The molecule has 0 unspecified atom stereocenters. The molecule has 0 aliphatic carbocycles. The highest BCUT2D eigenvalue weighted by Crippen LogP contribution is 2.09. The number of hydrogen-bond acceptors (Lipinski definition) is 3. The number of nitrogens with zero attached hydrogens (tertiary/aromatic N) is 3. The lowest BCUT2D eigenvalue weighted by Crippen LogP contribution is -2.32. The summed E-state index contributed by atoms with van der Waals surface area (Å²) >= 11 is 0. The van der Waals surface area contributed by atoms with Gasteiger partial charge in [-0.25, -0.2) is 0 Å². The van der Waals surface area contributed by atoms with Crippen LogP contribution in [0.3, 0.4) is 0 Å². The van der Waals surface area contributed by atoms with Crippen LogP contribution in [0.2, 0.25) is 0 Å². The maximum Gasteiger partial charge on any atom is 0.0666 e. The molecule has 19 heavy (non-hydrogen) atoms. The van der Waals surface area contributed by atoms with Crippen molar-refractivity contribution in [2.45, 2.75) is 45.6 Å². The lowest BCUT2D eigenvalue weighted by Gasteiger charge is -2.26. The number of aryl methyl sites for hydroxylation is 2. The van der Waals surface area contributed by atoms with Crippen LogP contribution in [0.15, 0.2) is 6.20 Å². The van der Waals surface area contributed by atoms with Gasteiger partial charge < -0.3 is 10.2 Å². The molecule has 108 valence electrons. The molecule has 1 aliphatic rings. The standard InChI is InChI=1S/C15H28N4/c1-3-15-14(13-18(2)17-15)12-16-8-7-11-19-9-5-4-6-10-19/h13,16H,3-12H2,1-2H3. The zero-order valence-corrected chi connectivity index (χ0v) is 12.5. The van der Waals surface area contributed by atoms with E-state index in [1.54, 1.807) is 0 Å². The molecule has 1 aromatic heterocycles. The fourth-order valence-electron chi connectivity index (χ4n) is 2.86. The van der Waals surface area contributed by atoms with Gasteiger partial charge in [0.15, 0.2) is 0 Å². The lowest BCUT2D eigenvalue weighted by atomic mass is 10.1. The van der Waals surface area contributed by atoms with Gasteiger partial charge in [-0.1, -0.05) is 13.3 Å². The van der Waals surface area contributed by atoms with Gasteiger partial charge in [0.2, 0.25) is 0 Å². The van der Waals surface area contributed by atoms with Crippen molar-refractivity contribution >= 4 is 0 Å². The third kappa shape index (κ3) is 4.62. The van der Waals surface area contributed by atoms with Gasteiger partial charge in [-0.3, -0.25) is 4.68 Å². The third-order valence-electron chi connectivity index (χ3n) is 3.92. The van der Waals surface area contributed by atoms with Crippen molar-refractivity contribution in [3.8, 4) is 0 Å². The Hall–Kier alpha value is -0.870. The Kier molecular flexibility index (Phi) is 5.86. The zero-order chi connectivity index (χ0) is 13.5. The Morgan fingerprint density at radius 3 is 2.79 bits per heavy atom. The Balaban J connectivity index is 1.60. The van der Waals surface area contributed by atoms with Crippen molar-refractivity contribution in [3.05, 3.63) is 17.5 Å². The molecule has 0 saturated carbocycles. The summed E-state index contributed by atoms with van der Waals surface area (Å²) in [6.45, 7) is 8.10. The summed E-state index contributed by atoms with van der Waals surface area (Å²) in [5.41, 5.74) is 2.58. The highest BCUT2D eigenvalue weighted by molar-refractivity contribution is 5.16. The second-order valence-corrected chi connectivity index (χ2v) is 5.56. The Bertz CT molecular complexity index is 366. The van der Waals surface area contributed by atoms with Gasteiger partial charge in [0, 0.05) is 25.4 Å². The predicted octanol–water partition coefficient (Wildman–Crippen LogP) is 1.95.